The molecule has 0 spiro atoms. The van der Waals surface area contributed by atoms with E-state index >= 15 is 0 Å². The zero-order valence-electron chi connectivity index (χ0n) is 68.5. The van der Waals surface area contributed by atoms with E-state index in [-0.39, 0.29) is 20.5 Å². The van der Waals surface area contributed by atoms with E-state index in [1.807, 2.05) is 48.4 Å². The second kappa shape index (κ2) is 59.7. The Balaban J connectivity index is -0.000000563. The number of carbonyl (C=O) groups excluding carboxylic acids is 4. The third-order valence-electron chi connectivity index (χ3n) is 14.0. The van der Waals surface area contributed by atoms with Crippen LogP contribution in [0.1, 0.15) is 91.9 Å². The van der Waals surface area contributed by atoms with Crippen LogP contribution in [0.25, 0.3) is 0 Å². The van der Waals surface area contributed by atoms with Gasteiger partial charge in [0.1, 0.15) is 17.3 Å². The molecule has 4 rings (SSSR count). The van der Waals surface area contributed by atoms with E-state index in [1.54, 1.807) is 112 Å². The summed E-state index contributed by atoms with van der Waals surface area (Å²) < 4.78 is 19.4. The van der Waals surface area contributed by atoms with Crippen molar-refractivity contribution in [2.75, 3.05) is 23.8 Å². The fourth-order valence-corrected chi connectivity index (χ4v) is 41.7. The zero-order valence-corrected chi connectivity index (χ0v) is 83.2. The van der Waals surface area contributed by atoms with Crippen molar-refractivity contribution in [3.63, 3.8) is 0 Å². The molecule has 0 aliphatic carbocycles. The van der Waals surface area contributed by atoms with Gasteiger partial charge in [-0.15, -0.1) is 19.7 Å². The van der Waals surface area contributed by atoms with E-state index < -0.39 is 73.0 Å². The van der Waals surface area contributed by atoms with Gasteiger partial charge in [-0.05, 0) is 217 Å². The van der Waals surface area contributed by atoms with Gasteiger partial charge in [-0.25, -0.2) is 34.9 Å². The Bertz CT molecular complexity index is 2920. The van der Waals surface area contributed by atoms with E-state index in [1.165, 1.54) is 19.4 Å². The van der Waals surface area contributed by atoms with Gasteiger partial charge in [-0.3, -0.25) is 4.79 Å². The van der Waals surface area contributed by atoms with E-state index in [0.717, 1.165) is 120 Å². The van der Waals surface area contributed by atoms with Gasteiger partial charge < -0.3 is 41.8 Å². The smallest absolute Gasteiger partial charge is 0.216 e. The first kappa shape index (κ1) is 108. The highest BCUT2D eigenvalue weighted by Gasteiger charge is 2.33. The van der Waals surface area contributed by atoms with Crippen LogP contribution in [0.4, 0.5) is 0 Å². The number of nitrogens with zero attached hydrogens (tertiary/aromatic N) is 7. The highest BCUT2D eigenvalue weighted by atomic mass is 35.6. The normalized spacial score (nSPS) is 11.7. The van der Waals surface area contributed by atoms with Crippen LogP contribution in [0.2, 0.25) is 173 Å². The molecule has 33 heteroatoms. The molecule has 0 aliphatic rings. The third-order valence-corrected chi connectivity index (χ3v) is 45.3. The lowest BCUT2D eigenvalue weighted by Crippen LogP contribution is -2.44. The summed E-state index contributed by atoms with van der Waals surface area (Å²) in [5, 5.41) is 5.28. The van der Waals surface area contributed by atoms with Crippen LogP contribution < -0.4 is 5.32 Å². The summed E-state index contributed by atoms with van der Waals surface area (Å²) in [7, 11) is -14.4. The molecule has 4 aromatic heterocycles. The average molecular weight is 1730 g/mol. The number of H-pyrrole nitrogens is 1. The second-order valence-corrected chi connectivity index (χ2v) is 80.7. The molecule has 1 amide bonds. The molecule has 0 aromatic carbocycles. The summed E-state index contributed by atoms with van der Waals surface area (Å²) in [6, 6.07) is 15.1. The van der Waals surface area contributed by atoms with Crippen molar-refractivity contribution >= 4 is 175 Å². The summed E-state index contributed by atoms with van der Waals surface area (Å²) in [5.41, 5.74) is 5.94. The van der Waals surface area contributed by atoms with Gasteiger partial charge in [0.05, 0.1) is 0 Å². The summed E-state index contributed by atoms with van der Waals surface area (Å²) in [5.74, 6) is 3.97. The van der Waals surface area contributed by atoms with Crippen LogP contribution in [0.5, 0.6) is 0 Å². The Morgan fingerprint density at radius 1 is 0.481 bits per heavy atom. The molecule has 104 heavy (non-hydrogen) atoms. The molecule has 17 nitrogen and oxygen atoms in total. The number of nitrogens with one attached hydrogen (secondary N) is 2. The Morgan fingerprint density at radius 3 is 1.12 bits per heavy atom. The second-order valence-electron chi connectivity index (χ2n) is 30.8. The fourth-order valence-electron chi connectivity index (χ4n) is 8.45. The fraction of sp³-hybridized carbons (Fsp3) is 0.634. The van der Waals surface area contributed by atoms with E-state index in [9.17, 15) is 24.0 Å². The van der Waals surface area contributed by atoms with E-state index in [2.05, 4.69) is 195 Å². The highest BCUT2D eigenvalue weighted by molar-refractivity contribution is 7.99. The molecular weight excluding hydrogens is 1590 g/mol. The maximum atomic E-state index is 11.0. The molecule has 4 heterocycles. The molecular formula is C71H138Cl2N9O8S4Si10. The van der Waals surface area contributed by atoms with Crippen LogP contribution in [0.15, 0.2) is 126 Å². The molecule has 1 radical (unpaired) electrons. The van der Waals surface area contributed by atoms with Crippen molar-refractivity contribution in [1.82, 2.24) is 45.2 Å². The van der Waals surface area contributed by atoms with Crippen LogP contribution in [-0.2, 0) is 31.5 Å². The molecule has 0 saturated carbocycles. The van der Waals surface area contributed by atoms with Crippen molar-refractivity contribution in [2.45, 2.75) is 281 Å². The van der Waals surface area contributed by atoms with Crippen molar-refractivity contribution in [3.05, 3.63) is 115 Å². The lowest BCUT2D eigenvalue weighted by molar-refractivity contribution is -0.119. The number of carbonyl (C=O) groups is 4. The lowest BCUT2D eigenvalue weighted by atomic mass is 10.2. The van der Waals surface area contributed by atoms with Gasteiger partial charge in [-0.1, -0.05) is 117 Å². The summed E-state index contributed by atoms with van der Waals surface area (Å²) in [6.07, 6.45) is 23.6. The Hall–Kier alpha value is -2.12. The zero-order chi connectivity index (χ0) is 80.8. The minimum atomic E-state index is -1.84. The maximum Gasteiger partial charge on any atom is 0.216 e. The van der Waals surface area contributed by atoms with Crippen LogP contribution in [0, 0.1) is 4.77 Å². The SMILES string of the molecule is C=C[Si](C)(C)O[Si](C)(C)C=C.C=C[Si](C)(C)O[Si](C)(C)CCSc1ncccn1.CC(=O)CCCC[Si](C)(C)O.CC(=O)CCCC[Si](C)(C)O[Si](C)(C)CCSc1ncccn1.CC(=O)CCCC[Si](C)C.CC(=O)NCCC[Si](C)(C)Cl.C[Si](C)(Cl)CCSc1ncccn1.S=c1nccc[nH]1. The van der Waals surface area contributed by atoms with Gasteiger partial charge in [0.15, 0.2) is 93.2 Å². The van der Waals surface area contributed by atoms with E-state index in [0.29, 0.717) is 29.2 Å². The molecule has 0 unspecified atom stereocenters. The van der Waals surface area contributed by atoms with Crippen molar-refractivity contribution < 1.29 is 36.3 Å². The number of rotatable bonds is 40. The predicted octanol–water partition coefficient (Wildman–Crippen LogP) is 21.9. The number of ketones is 3. The number of halogens is 2. The van der Waals surface area contributed by atoms with Crippen LogP contribution in [0.3, 0.4) is 0 Å². The van der Waals surface area contributed by atoms with Crippen molar-refractivity contribution in [1.29, 1.82) is 0 Å². The van der Waals surface area contributed by atoms with Gasteiger partial charge >= 0.3 is 0 Å². The van der Waals surface area contributed by atoms with Crippen molar-refractivity contribution in [2.24, 2.45) is 0 Å². The van der Waals surface area contributed by atoms with Crippen LogP contribution in [-0.4, -0.2) is 174 Å². The van der Waals surface area contributed by atoms with Gasteiger partial charge in [0, 0.05) is 103 Å². The molecule has 0 saturated heterocycles. The summed E-state index contributed by atoms with van der Waals surface area (Å²) in [6.45, 7) is 62.5. The largest absolute Gasteiger partial charge is 0.455 e. The third kappa shape index (κ3) is 82.4. The number of Topliss-reactive ketones (excluding diaryl/α,β-unsaturated/α-hetero) is 3. The monoisotopic (exact) mass is 1720 g/mol. The first-order chi connectivity index (χ1) is 47.8. The number of unbranched alkanes of at least 4 members (excludes halogenated alkanes) is 3. The number of hydrogen-bond acceptors (Lipinski definition) is 19. The number of aromatic amines is 1. The molecule has 0 fully saturated rings. The Kier molecular flexibility index (Phi) is 62.1. The maximum absolute atomic E-state index is 11.0. The minimum absolute atomic E-state index is 0.0408. The molecule has 593 valence electrons. The molecule has 4 aromatic rings. The first-order valence-corrected chi connectivity index (χ1v) is 72.1. The topological polar surface area (TPSA) is 234 Å². The Morgan fingerprint density at radius 2 is 0.817 bits per heavy atom. The number of aromatic nitrogens is 8. The average Bonchev–Trinajstić information content (AvgIpc) is 0.881. The van der Waals surface area contributed by atoms with Gasteiger partial charge in [0.25, 0.3) is 0 Å². The molecule has 0 aliphatic heterocycles. The number of thioether (sulfide) groups is 3. The molecule has 0 bridgehead atoms. The quantitative estimate of drug-likeness (QED) is 0.00937. The molecule has 3 N–H and O–H groups in total. The first-order valence-electron chi connectivity index (χ1n) is 36.1. The number of hydrogen-bond donors (Lipinski definition) is 3. The van der Waals surface area contributed by atoms with Crippen LogP contribution >= 0.6 is 69.7 Å². The number of amides is 1. The standard InChI is InChI=1S/C16H30N2O2SSi2.C12H22N2OSSi2.C8H13ClN2SSi.C8H18O2Si.C8H18OSi2.C8H17OSi.C7H16ClNOSi.C4H4N2S/c1-15(19)9-6-7-13-22(2,3)20-23(4,5)14-12-21-16-17-10-8-11-18-16;1-6-17(2,3)15-18(4,5)11-10-16-12-13-8-7-9-14-12;1-13(2,9)7-6-12-8-10-4-3-5-11-8;1-8(9)6-4-5-7-11(2,3)10;1-7-10(3,4)9-11(5,6)8-2;1-8(9)6-4-5-7-10(2)3;1-7(10)9-5-4-6-11(2,3)8;7-4-5-2-1-3-6-4/h8,10-11H,6-7,9,12-14H2,1-5H3;6-9H,1,10-11H2,2-5H3;3-5H,6-7H2,1-2H3;10H,4-7H2,1-3H3;7-8H,1-2H2,3-6H3;4-7H2,1-3H3;4-6H2,1-3H3,(H,9,10);1-3H,(H,5,6,7). The minimum Gasteiger partial charge on any atom is -0.455 e. The Labute approximate surface area is 670 Å². The van der Waals surface area contributed by atoms with Gasteiger partial charge in [-0.2, -0.15) is 22.2 Å². The summed E-state index contributed by atoms with van der Waals surface area (Å²) >= 11 is 22.0. The van der Waals surface area contributed by atoms with Gasteiger partial charge in [0.2, 0.25) is 5.91 Å². The summed E-state index contributed by atoms with van der Waals surface area (Å²) in [4.78, 5) is 83.5. The predicted molar refractivity (Wildman–Crippen MR) is 481 cm³/mol. The van der Waals surface area contributed by atoms with E-state index in [4.69, 9.17) is 34.5 Å². The lowest BCUT2D eigenvalue weighted by Gasteiger charge is -2.34. The molecule has 0 atom stereocenters. The van der Waals surface area contributed by atoms with Crippen molar-refractivity contribution in [3.8, 4) is 0 Å². The highest BCUT2D eigenvalue weighted by Crippen LogP contribution is 2.28.